The Kier molecular flexibility index (Phi) is 4.93. The number of hydrogen-bond acceptors (Lipinski definition) is 3. The first kappa shape index (κ1) is 13.2. The molecule has 0 spiro atoms. The molecule has 1 aromatic heterocycles. The molecule has 1 heterocycles. The first-order chi connectivity index (χ1) is 7.50. The quantitative estimate of drug-likeness (QED) is 0.811. The molecule has 1 unspecified atom stereocenters. The first-order valence-corrected chi connectivity index (χ1v) is 5.79. The molecule has 1 rings (SSSR count). The fourth-order valence-corrected chi connectivity index (χ4v) is 1.82. The van der Waals surface area contributed by atoms with Gasteiger partial charge in [-0.15, -0.1) is 11.6 Å². The van der Waals surface area contributed by atoms with Crippen molar-refractivity contribution in [2.45, 2.75) is 32.6 Å². The van der Waals surface area contributed by atoms with E-state index in [1.165, 1.54) is 6.33 Å². The molecular weight excluding hydrogens is 229 g/mol. The van der Waals surface area contributed by atoms with E-state index in [0.717, 1.165) is 6.42 Å². The molecule has 0 aliphatic rings. The summed E-state index contributed by atoms with van der Waals surface area (Å²) in [4.78, 5) is 7.59. The summed E-state index contributed by atoms with van der Waals surface area (Å²) in [6.45, 7) is 6.32. The van der Waals surface area contributed by atoms with Crippen molar-refractivity contribution in [3.05, 3.63) is 17.8 Å². The molecule has 0 saturated heterocycles. The monoisotopic (exact) mass is 245 g/mol. The van der Waals surface area contributed by atoms with Crippen LogP contribution in [0.3, 0.4) is 0 Å². The van der Waals surface area contributed by atoms with Crippen molar-refractivity contribution in [2.75, 3.05) is 11.9 Å². The Morgan fingerprint density at radius 1 is 1.44 bits per heavy atom. The van der Waals surface area contributed by atoms with Crippen molar-refractivity contribution in [2.24, 2.45) is 5.92 Å². The van der Waals surface area contributed by atoms with Crippen LogP contribution in [0.1, 0.15) is 26.0 Å². The van der Waals surface area contributed by atoms with Gasteiger partial charge in [-0.25, -0.2) is 14.4 Å². The van der Waals surface area contributed by atoms with Crippen molar-refractivity contribution >= 4 is 17.4 Å². The molecule has 1 aromatic rings. The SMILES string of the molecule is Cc1ncnc(NCC(Cl)CC(C)C)c1F. The van der Waals surface area contributed by atoms with E-state index in [0.29, 0.717) is 18.2 Å². The molecule has 0 radical (unpaired) electrons. The van der Waals surface area contributed by atoms with Gasteiger partial charge in [0.05, 0.1) is 11.1 Å². The summed E-state index contributed by atoms with van der Waals surface area (Å²) in [5, 5.41) is 2.88. The van der Waals surface area contributed by atoms with Gasteiger partial charge in [-0.1, -0.05) is 13.8 Å². The Morgan fingerprint density at radius 3 is 2.75 bits per heavy atom. The molecule has 0 amide bonds. The maximum atomic E-state index is 13.5. The lowest BCUT2D eigenvalue weighted by molar-refractivity contribution is 0.568. The predicted molar refractivity (Wildman–Crippen MR) is 64.3 cm³/mol. The van der Waals surface area contributed by atoms with Crippen molar-refractivity contribution in [1.29, 1.82) is 0 Å². The second kappa shape index (κ2) is 5.99. The van der Waals surface area contributed by atoms with Crippen LogP contribution in [0.4, 0.5) is 10.2 Å². The molecule has 1 atom stereocenters. The molecule has 0 bridgehead atoms. The predicted octanol–water partition coefficient (Wildman–Crippen LogP) is 2.99. The van der Waals surface area contributed by atoms with Gasteiger partial charge in [0.15, 0.2) is 11.6 Å². The lowest BCUT2D eigenvalue weighted by Gasteiger charge is -2.13. The molecule has 90 valence electrons. The zero-order valence-electron chi connectivity index (χ0n) is 9.80. The van der Waals surface area contributed by atoms with E-state index in [4.69, 9.17) is 11.6 Å². The largest absolute Gasteiger partial charge is 0.366 e. The van der Waals surface area contributed by atoms with E-state index < -0.39 is 5.82 Å². The third kappa shape index (κ3) is 3.93. The van der Waals surface area contributed by atoms with Crippen molar-refractivity contribution in [3.63, 3.8) is 0 Å². The maximum absolute atomic E-state index is 13.5. The highest BCUT2D eigenvalue weighted by molar-refractivity contribution is 6.20. The molecule has 3 nitrogen and oxygen atoms in total. The number of nitrogens with zero attached hydrogens (tertiary/aromatic N) is 2. The third-order valence-corrected chi connectivity index (χ3v) is 2.51. The number of rotatable bonds is 5. The topological polar surface area (TPSA) is 37.8 Å². The standard InChI is InChI=1S/C11H17ClFN3/c1-7(2)4-9(12)5-14-11-10(13)8(3)15-6-16-11/h6-7,9H,4-5H2,1-3H3,(H,14,15,16). The summed E-state index contributed by atoms with van der Waals surface area (Å²) in [6.07, 6.45) is 2.23. The van der Waals surface area contributed by atoms with Crippen LogP contribution >= 0.6 is 11.6 Å². The number of anilines is 1. The van der Waals surface area contributed by atoms with Crippen LogP contribution in [0.2, 0.25) is 0 Å². The Morgan fingerprint density at radius 2 is 2.12 bits per heavy atom. The number of aromatic nitrogens is 2. The van der Waals surface area contributed by atoms with Gasteiger partial charge in [-0.2, -0.15) is 0 Å². The van der Waals surface area contributed by atoms with E-state index >= 15 is 0 Å². The second-order valence-electron chi connectivity index (χ2n) is 4.23. The number of aryl methyl sites for hydroxylation is 1. The summed E-state index contributed by atoms with van der Waals surface area (Å²) in [6, 6.07) is 0. The first-order valence-electron chi connectivity index (χ1n) is 5.35. The Hall–Kier alpha value is -0.900. The highest BCUT2D eigenvalue weighted by Gasteiger charge is 2.11. The smallest absolute Gasteiger partial charge is 0.186 e. The van der Waals surface area contributed by atoms with Crippen molar-refractivity contribution in [1.82, 2.24) is 9.97 Å². The van der Waals surface area contributed by atoms with Crippen LogP contribution in [0.25, 0.3) is 0 Å². The molecule has 0 aliphatic heterocycles. The fourth-order valence-electron chi connectivity index (χ4n) is 1.38. The van der Waals surface area contributed by atoms with E-state index in [-0.39, 0.29) is 11.2 Å². The zero-order valence-corrected chi connectivity index (χ0v) is 10.6. The van der Waals surface area contributed by atoms with Crippen molar-refractivity contribution in [3.8, 4) is 0 Å². The van der Waals surface area contributed by atoms with Gasteiger partial charge in [0, 0.05) is 6.54 Å². The lowest BCUT2D eigenvalue weighted by Crippen LogP contribution is -2.18. The average molecular weight is 246 g/mol. The van der Waals surface area contributed by atoms with Crippen LogP contribution in [0, 0.1) is 18.7 Å². The molecule has 0 saturated carbocycles. The minimum absolute atomic E-state index is 0.0188. The molecule has 5 heteroatoms. The summed E-state index contributed by atoms with van der Waals surface area (Å²) >= 11 is 6.09. The van der Waals surface area contributed by atoms with Crippen molar-refractivity contribution < 1.29 is 4.39 Å². The van der Waals surface area contributed by atoms with Crippen LogP contribution in [-0.2, 0) is 0 Å². The number of halogens is 2. The second-order valence-corrected chi connectivity index (χ2v) is 4.85. The summed E-state index contributed by atoms with van der Waals surface area (Å²) in [5.41, 5.74) is 0.340. The van der Waals surface area contributed by atoms with Crippen LogP contribution in [-0.4, -0.2) is 21.9 Å². The summed E-state index contributed by atoms with van der Waals surface area (Å²) in [7, 11) is 0. The van der Waals surface area contributed by atoms with Crippen LogP contribution < -0.4 is 5.32 Å². The van der Waals surface area contributed by atoms with Crippen LogP contribution in [0.15, 0.2) is 6.33 Å². The van der Waals surface area contributed by atoms with Gasteiger partial charge < -0.3 is 5.32 Å². The van der Waals surface area contributed by atoms with Gasteiger partial charge in [0.25, 0.3) is 0 Å². The van der Waals surface area contributed by atoms with E-state index in [1.54, 1.807) is 6.92 Å². The average Bonchev–Trinajstić information content (AvgIpc) is 2.19. The minimum atomic E-state index is -0.407. The van der Waals surface area contributed by atoms with E-state index in [9.17, 15) is 4.39 Å². The third-order valence-electron chi connectivity index (χ3n) is 2.18. The van der Waals surface area contributed by atoms with Gasteiger partial charge in [-0.3, -0.25) is 0 Å². The number of alkyl halides is 1. The van der Waals surface area contributed by atoms with E-state index in [1.807, 2.05) is 0 Å². The van der Waals surface area contributed by atoms with Crippen LogP contribution in [0.5, 0.6) is 0 Å². The van der Waals surface area contributed by atoms with E-state index in [2.05, 4.69) is 29.1 Å². The van der Waals surface area contributed by atoms with Gasteiger partial charge in [0.2, 0.25) is 0 Å². The van der Waals surface area contributed by atoms with Gasteiger partial charge in [0.1, 0.15) is 6.33 Å². The Balaban J connectivity index is 2.51. The molecule has 0 aliphatic carbocycles. The normalized spacial score (nSPS) is 12.9. The van der Waals surface area contributed by atoms with Gasteiger partial charge in [-0.05, 0) is 19.3 Å². The summed E-state index contributed by atoms with van der Waals surface area (Å²) < 4.78 is 13.5. The number of hydrogen-bond donors (Lipinski definition) is 1. The Labute approximate surface area is 100 Å². The molecule has 1 N–H and O–H groups in total. The summed E-state index contributed by atoms with van der Waals surface area (Å²) in [5.74, 6) is 0.346. The zero-order chi connectivity index (χ0) is 12.1. The highest BCUT2D eigenvalue weighted by atomic mass is 35.5. The highest BCUT2D eigenvalue weighted by Crippen LogP contribution is 2.14. The minimum Gasteiger partial charge on any atom is -0.366 e. The molecular formula is C11H17ClFN3. The fraction of sp³-hybridized carbons (Fsp3) is 0.636. The molecule has 0 aromatic carbocycles. The van der Waals surface area contributed by atoms with Gasteiger partial charge >= 0.3 is 0 Å². The maximum Gasteiger partial charge on any atom is 0.186 e. The lowest BCUT2D eigenvalue weighted by atomic mass is 10.1. The molecule has 0 fully saturated rings. The molecule has 16 heavy (non-hydrogen) atoms. The Bertz CT molecular complexity index is 344. The number of nitrogens with one attached hydrogen (secondary N) is 1.